The van der Waals surface area contributed by atoms with Gasteiger partial charge >= 0.3 is 5.97 Å². The number of nitrogens with one attached hydrogen (secondary N) is 1. The highest BCUT2D eigenvalue weighted by molar-refractivity contribution is 6.17. The third-order valence-corrected chi connectivity index (χ3v) is 5.44. The number of hydrogen-bond donors (Lipinski definition) is 2. The molecule has 0 unspecified atom stereocenters. The molecule has 0 aliphatic rings. The minimum Gasteiger partial charge on any atom is -0.478 e. The molecule has 32 heavy (non-hydrogen) atoms. The molecular formula is C27H31NO4. The van der Waals surface area contributed by atoms with E-state index in [1.54, 1.807) is 6.07 Å². The fraction of sp³-hybridized carbons (Fsp3) is 0.333. The van der Waals surface area contributed by atoms with Gasteiger partial charge in [-0.15, -0.1) is 0 Å². The lowest BCUT2D eigenvalue weighted by molar-refractivity contribution is 0.0696. The molecule has 0 saturated heterocycles. The third kappa shape index (κ3) is 5.74. The lowest BCUT2D eigenvalue weighted by Crippen LogP contribution is -2.14. The van der Waals surface area contributed by atoms with Crippen molar-refractivity contribution < 1.29 is 19.1 Å². The number of rotatable bonds is 12. The smallest absolute Gasteiger partial charge is 0.335 e. The van der Waals surface area contributed by atoms with E-state index in [2.05, 4.69) is 25.2 Å². The molecule has 0 radical (unpaired) electrons. The van der Waals surface area contributed by atoms with Gasteiger partial charge in [-0.25, -0.2) is 4.79 Å². The van der Waals surface area contributed by atoms with E-state index >= 15 is 0 Å². The average Bonchev–Trinajstić information content (AvgIpc) is 3.17. The molecule has 3 rings (SSSR count). The van der Waals surface area contributed by atoms with Gasteiger partial charge in [0.15, 0.2) is 5.78 Å². The van der Waals surface area contributed by atoms with Gasteiger partial charge in [0, 0.05) is 23.9 Å². The number of carbonyl (C=O) groups excluding carboxylic acids is 1. The van der Waals surface area contributed by atoms with Crippen molar-refractivity contribution in [2.24, 2.45) is 0 Å². The molecule has 0 atom stereocenters. The summed E-state index contributed by atoms with van der Waals surface area (Å²) in [6, 6.07) is 12.1. The van der Waals surface area contributed by atoms with Crippen LogP contribution in [0.5, 0.6) is 0 Å². The molecule has 2 aromatic carbocycles. The van der Waals surface area contributed by atoms with Crippen LogP contribution >= 0.6 is 0 Å². The second-order valence-corrected chi connectivity index (χ2v) is 7.93. The summed E-state index contributed by atoms with van der Waals surface area (Å²) in [6.45, 7) is 6.08. The maximum absolute atomic E-state index is 13.4. The maximum Gasteiger partial charge on any atom is 0.335 e. The Hall–Kier alpha value is -3.18. The summed E-state index contributed by atoms with van der Waals surface area (Å²) in [5.74, 6) is -0.549. The Balaban J connectivity index is 1.85. The molecule has 5 heteroatoms. The van der Waals surface area contributed by atoms with E-state index in [9.17, 15) is 14.7 Å². The zero-order valence-corrected chi connectivity index (χ0v) is 18.8. The average molecular weight is 434 g/mol. The van der Waals surface area contributed by atoms with E-state index in [-0.39, 0.29) is 11.3 Å². The van der Waals surface area contributed by atoms with Crippen molar-refractivity contribution in [1.29, 1.82) is 0 Å². The molecule has 0 aliphatic heterocycles. The number of unbranched alkanes of at least 4 members (excludes halogenated alkanes) is 2. The summed E-state index contributed by atoms with van der Waals surface area (Å²) in [4.78, 5) is 24.9. The largest absolute Gasteiger partial charge is 0.478 e. The number of carbonyl (C=O) groups is 2. The summed E-state index contributed by atoms with van der Waals surface area (Å²) >= 11 is 0. The Kier molecular flexibility index (Phi) is 8.40. The quantitative estimate of drug-likeness (QED) is 0.266. The number of aryl methyl sites for hydroxylation is 1. The van der Waals surface area contributed by atoms with Crippen LogP contribution in [-0.4, -0.2) is 29.9 Å². The van der Waals surface area contributed by atoms with Crippen LogP contribution in [0.3, 0.4) is 0 Å². The predicted molar refractivity (Wildman–Crippen MR) is 128 cm³/mol. The zero-order valence-electron chi connectivity index (χ0n) is 18.8. The summed E-state index contributed by atoms with van der Waals surface area (Å²) in [5.41, 5.74) is 2.74. The molecule has 0 saturated carbocycles. The molecule has 0 bridgehead atoms. The first-order valence-electron chi connectivity index (χ1n) is 11.4. The Morgan fingerprint density at radius 2 is 1.72 bits per heavy atom. The van der Waals surface area contributed by atoms with Crippen molar-refractivity contribution in [3.8, 4) is 0 Å². The van der Waals surface area contributed by atoms with Crippen LogP contribution in [0.1, 0.15) is 77.1 Å². The molecule has 0 spiro atoms. The third-order valence-electron chi connectivity index (χ3n) is 5.44. The number of carboxylic acid groups (broad SMARTS) is 1. The fourth-order valence-corrected chi connectivity index (χ4v) is 3.62. The SMILES string of the molecule is CCCCNC/C=C\c1ccc(C(=O)c2c(CCCC)oc3ccc(C(=O)O)cc23)cc1. The number of hydrogen-bond acceptors (Lipinski definition) is 4. The Labute approximate surface area is 189 Å². The van der Waals surface area contributed by atoms with Crippen LogP contribution in [0.2, 0.25) is 0 Å². The molecule has 1 heterocycles. The molecule has 2 N–H and O–H groups in total. The van der Waals surface area contributed by atoms with E-state index in [0.717, 1.165) is 31.5 Å². The van der Waals surface area contributed by atoms with Crippen molar-refractivity contribution in [2.45, 2.75) is 46.0 Å². The lowest BCUT2D eigenvalue weighted by Gasteiger charge is -2.04. The number of carboxylic acids is 1. The minimum absolute atomic E-state index is 0.141. The van der Waals surface area contributed by atoms with Gasteiger partial charge in [0.05, 0.1) is 11.1 Å². The normalized spacial score (nSPS) is 11.4. The molecule has 168 valence electrons. The van der Waals surface area contributed by atoms with E-state index in [1.807, 2.05) is 30.3 Å². The molecule has 1 aromatic heterocycles. The van der Waals surface area contributed by atoms with Crippen molar-refractivity contribution in [2.75, 3.05) is 13.1 Å². The molecule has 0 fully saturated rings. The van der Waals surface area contributed by atoms with Gasteiger partial charge in [0.25, 0.3) is 0 Å². The van der Waals surface area contributed by atoms with E-state index in [4.69, 9.17) is 4.42 Å². The first-order chi connectivity index (χ1) is 15.5. The van der Waals surface area contributed by atoms with Crippen LogP contribution < -0.4 is 5.32 Å². The molecule has 0 aliphatic carbocycles. The Morgan fingerprint density at radius 3 is 2.41 bits per heavy atom. The van der Waals surface area contributed by atoms with Gasteiger partial charge in [-0.05, 0) is 43.1 Å². The van der Waals surface area contributed by atoms with Crippen LogP contribution in [0.15, 0.2) is 53.0 Å². The van der Waals surface area contributed by atoms with Crippen molar-refractivity contribution in [3.05, 3.63) is 76.6 Å². The van der Waals surface area contributed by atoms with Crippen molar-refractivity contribution in [1.82, 2.24) is 5.32 Å². The van der Waals surface area contributed by atoms with Crippen LogP contribution in [0.4, 0.5) is 0 Å². The number of fused-ring (bicyclic) bond motifs is 1. The van der Waals surface area contributed by atoms with Crippen LogP contribution in [0.25, 0.3) is 17.0 Å². The maximum atomic E-state index is 13.4. The second kappa shape index (κ2) is 11.4. The van der Waals surface area contributed by atoms with Crippen molar-refractivity contribution in [3.63, 3.8) is 0 Å². The first-order valence-corrected chi connectivity index (χ1v) is 11.4. The summed E-state index contributed by atoms with van der Waals surface area (Å²) in [5, 5.41) is 13.3. The highest BCUT2D eigenvalue weighted by Crippen LogP contribution is 2.30. The standard InChI is InChI=1S/C27H31NO4/c1-3-5-9-24-25(22-18-21(27(30)31)14-15-23(22)32-24)26(29)20-12-10-19(11-13-20)8-7-17-28-16-6-4-2/h7-8,10-15,18,28H,3-6,9,16-17H2,1-2H3,(H,30,31)/b8-7-. The lowest BCUT2D eigenvalue weighted by atomic mass is 9.97. The number of furan rings is 1. The number of aromatic carboxylic acids is 1. The highest BCUT2D eigenvalue weighted by atomic mass is 16.4. The van der Waals surface area contributed by atoms with E-state index < -0.39 is 5.97 Å². The van der Waals surface area contributed by atoms with Gasteiger partial charge in [0.2, 0.25) is 0 Å². The van der Waals surface area contributed by atoms with Crippen LogP contribution in [0, 0.1) is 0 Å². The summed E-state index contributed by atoms with van der Waals surface area (Å²) in [7, 11) is 0. The molecule has 3 aromatic rings. The predicted octanol–water partition coefficient (Wildman–Crippen LogP) is 6.11. The van der Waals surface area contributed by atoms with Crippen molar-refractivity contribution >= 4 is 28.8 Å². The van der Waals surface area contributed by atoms with E-state index in [0.29, 0.717) is 34.3 Å². The van der Waals surface area contributed by atoms with Gasteiger partial charge in [-0.1, -0.05) is 63.1 Å². The summed E-state index contributed by atoms with van der Waals surface area (Å²) < 4.78 is 5.96. The monoisotopic (exact) mass is 433 g/mol. The van der Waals surface area contributed by atoms with Gasteiger partial charge < -0.3 is 14.8 Å². The van der Waals surface area contributed by atoms with Gasteiger partial charge in [-0.3, -0.25) is 4.79 Å². The second-order valence-electron chi connectivity index (χ2n) is 7.93. The zero-order chi connectivity index (χ0) is 22.9. The van der Waals surface area contributed by atoms with Gasteiger partial charge in [0.1, 0.15) is 11.3 Å². The fourth-order valence-electron chi connectivity index (χ4n) is 3.62. The minimum atomic E-state index is -1.03. The highest BCUT2D eigenvalue weighted by Gasteiger charge is 2.22. The Bertz CT molecular complexity index is 1090. The molecular weight excluding hydrogens is 402 g/mol. The van der Waals surface area contributed by atoms with E-state index in [1.165, 1.54) is 25.0 Å². The summed E-state index contributed by atoms with van der Waals surface area (Å²) in [6.07, 6.45) is 8.96. The van der Waals surface area contributed by atoms with Crippen LogP contribution in [-0.2, 0) is 6.42 Å². The van der Waals surface area contributed by atoms with Gasteiger partial charge in [-0.2, -0.15) is 0 Å². The number of benzene rings is 2. The Morgan fingerprint density at radius 1 is 1.00 bits per heavy atom. The number of ketones is 1. The first kappa shape index (κ1) is 23.5. The molecule has 0 amide bonds. The molecule has 5 nitrogen and oxygen atoms in total. The topological polar surface area (TPSA) is 79.5 Å².